The molecule has 2 fully saturated rings. The number of hydrogen-bond donors (Lipinski definition) is 1. The van der Waals surface area contributed by atoms with E-state index in [1.807, 2.05) is 0 Å². The number of carbonyl (C=O) groups excluding carboxylic acids is 1. The topological polar surface area (TPSA) is 67.6 Å². The van der Waals surface area contributed by atoms with E-state index < -0.39 is 0 Å². The van der Waals surface area contributed by atoms with E-state index in [1.54, 1.807) is 6.26 Å². The minimum Gasteiger partial charge on any atom is -0.432 e. The predicted molar refractivity (Wildman–Crippen MR) is 82.8 cm³/mol. The first kappa shape index (κ1) is 15.5. The summed E-state index contributed by atoms with van der Waals surface area (Å²) >= 11 is 0. The van der Waals surface area contributed by atoms with E-state index in [1.165, 1.54) is 0 Å². The summed E-state index contributed by atoms with van der Waals surface area (Å²) in [6.07, 6.45) is 4.54. The number of ether oxygens (including phenoxy) is 1. The fourth-order valence-corrected chi connectivity index (χ4v) is 3.01. The lowest BCUT2D eigenvalue weighted by Crippen LogP contribution is -2.59. The second-order valence-electron chi connectivity index (χ2n) is 7.16. The first-order valence-electron chi connectivity index (χ1n) is 8.05. The van der Waals surface area contributed by atoms with Gasteiger partial charge < -0.3 is 9.15 Å². The third-order valence-corrected chi connectivity index (χ3v) is 4.53. The van der Waals surface area contributed by atoms with E-state index in [2.05, 4.69) is 36.0 Å². The molecule has 0 bridgehead atoms. The second kappa shape index (κ2) is 6.01. The fourth-order valence-electron chi connectivity index (χ4n) is 3.01. The third-order valence-electron chi connectivity index (χ3n) is 4.53. The molecule has 0 saturated carbocycles. The smallest absolute Gasteiger partial charge is 0.301 e. The van der Waals surface area contributed by atoms with Gasteiger partial charge in [0.05, 0.1) is 11.7 Å². The molecule has 2 aliphatic heterocycles. The van der Waals surface area contributed by atoms with Gasteiger partial charge in [0, 0.05) is 31.2 Å². The van der Waals surface area contributed by atoms with Crippen LogP contribution in [-0.4, -0.2) is 47.6 Å². The summed E-state index contributed by atoms with van der Waals surface area (Å²) in [5.41, 5.74) is 0.759. The van der Waals surface area contributed by atoms with E-state index in [9.17, 15) is 4.79 Å². The summed E-state index contributed by atoms with van der Waals surface area (Å²) in [4.78, 5) is 19.1. The Bertz CT molecular complexity index is 529. The maximum absolute atomic E-state index is 12.4. The molecule has 1 unspecified atom stereocenters. The third kappa shape index (κ3) is 3.17. The minimum atomic E-state index is -0.0862. The quantitative estimate of drug-likeness (QED) is 0.927. The number of nitrogens with one attached hydrogen (secondary N) is 1. The first-order valence-corrected chi connectivity index (χ1v) is 8.05. The van der Waals surface area contributed by atoms with Crippen LogP contribution in [0.15, 0.2) is 10.7 Å². The average molecular weight is 307 g/mol. The van der Waals surface area contributed by atoms with Crippen LogP contribution in [0.5, 0.6) is 0 Å². The summed E-state index contributed by atoms with van der Waals surface area (Å²) in [6.45, 7) is 8.77. The van der Waals surface area contributed by atoms with Gasteiger partial charge in [-0.1, -0.05) is 20.8 Å². The SMILES string of the molecule is CC(C)(C)c1coc(NC(=O)C2CCN2C2CCOCC2)n1. The van der Waals surface area contributed by atoms with Gasteiger partial charge >= 0.3 is 6.01 Å². The normalized spacial score (nSPS) is 24.0. The molecule has 1 atom stereocenters. The molecule has 0 aliphatic carbocycles. The van der Waals surface area contributed by atoms with Crippen molar-refractivity contribution < 1.29 is 13.9 Å². The van der Waals surface area contributed by atoms with Crippen LogP contribution in [0.4, 0.5) is 6.01 Å². The zero-order chi connectivity index (χ0) is 15.7. The highest BCUT2D eigenvalue weighted by atomic mass is 16.5. The summed E-state index contributed by atoms with van der Waals surface area (Å²) in [6, 6.07) is 0.704. The maximum atomic E-state index is 12.4. The van der Waals surface area contributed by atoms with Crippen molar-refractivity contribution in [3.05, 3.63) is 12.0 Å². The van der Waals surface area contributed by atoms with Crippen LogP contribution < -0.4 is 5.32 Å². The lowest BCUT2D eigenvalue weighted by Gasteiger charge is -2.46. The van der Waals surface area contributed by atoms with Crippen molar-refractivity contribution in [2.75, 3.05) is 25.1 Å². The van der Waals surface area contributed by atoms with Crippen LogP contribution in [0.25, 0.3) is 0 Å². The van der Waals surface area contributed by atoms with Crippen molar-refractivity contribution in [2.24, 2.45) is 0 Å². The Balaban J connectivity index is 1.58. The molecule has 1 N–H and O–H groups in total. The summed E-state index contributed by atoms with van der Waals surface area (Å²) in [7, 11) is 0. The average Bonchev–Trinajstić information content (AvgIpc) is 2.87. The van der Waals surface area contributed by atoms with Crippen molar-refractivity contribution in [2.45, 2.75) is 57.5 Å². The molecule has 2 saturated heterocycles. The van der Waals surface area contributed by atoms with E-state index in [4.69, 9.17) is 9.15 Å². The minimum absolute atomic E-state index is 0.0138. The van der Waals surface area contributed by atoms with Crippen molar-refractivity contribution >= 4 is 11.9 Å². The Kier molecular flexibility index (Phi) is 4.23. The van der Waals surface area contributed by atoms with Gasteiger partial charge in [0.1, 0.15) is 6.26 Å². The molecule has 0 radical (unpaired) electrons. The molecule has 122 valence electrons. The lowest BCUT2D eigenvalue weighted by atomic mass is 9.93. The van der Waals surface area contributed by atoms with Crippen molar-refractivity contribution in [1.82, 2.24) is 9.88 Å². The van der Waals surface area contributed by atoms with E-state index in [0.717, 1.165) is 44.7 Å². The van der Waals surface area contributed by atoms with Crippen LogP contribution in [-0.2, 0) is 14.9 Å². The van der Waals surface area contributed by atoms with Gasteiger partial charge in [0.25, 0.3) is 0 Å². The molecule has 0 aromatic carbocycles. The Morgan fingerprint density at radius 2 is 2.05 bits per heavy atom. The van der Waals surface area contributed by atoms with Crippen molar-refractivity contribution in [3.8, 4) is 0 Å². The van der Waals surface area contributed by atoms with Gasteiger partial charge in [-0.05, 0) is 19.3 Å². The zero-order valence-corrected chi connectivity index (χ0v) is 13.6. The van der Waals surface area contributed by atoms with Crippen LogP contribution in [0.1, 0.15) is 45.7 Å². The Labute approximate surface area is 131 Å². The number of hydrogen-bond acceptors (Lipinski definition) is 5. The zero-order valence-electron chi connectivity index (χ0n) is 13.6. The van der Waals surface area contributed by atoms with Crippen LogP contribution in [0.2, 0.25) is 0 Å². The summed E-state index contributed by atoms with van der Waals surface area (Å²) < 4.78 is 10.8. The molecule has 6 heteroatoms. The number of anilines is 1. The Hall–Kier alpha value is -1.40. The van der Waals surface area contributed by atoms with Gasteiger partial charge in [0.2, 0.25) is 5.91 Å². The van der Waals surface area contributed by atoms with E-state index in [0.29, 0.717) is 12.1 Å². The second-order valence-corrected chi connectivity index (χ2v) is 7.16. The number of amides is 1. The molecule has 0 spiro atoms. The molecule has 3 heterocycles. The number of rotatable bonds is 3. The molecule has 2 aliphatic rings. The molecule has 1 aromatic rings. The lowest BCUT2D eigenvalue weighted by molar-refractivity contribution is -0.129. The van der Waals surface area contributed by atoms with Crippen molar-refractivity contribution in [1.29, 1.82) is 0 Å². The number of nitrogens with zero attached hydrogens (tertiary/aromatic N) is 2. The van der Waals surface area contributed by atoms with E-state index >= 15 is 0 Å². The largest absolute Gasteiger partial charge is 0.432 e. The number of likely N-dealkylation sites (tertiary alicyclic amines) is 1. The molecular weight excluding hydrogens is 282 g/mol. The van der Waals surface area contributed by atoms with Gasteiger partial charge in [-0.2, -0.15) is 4.98 Å². The Morgan fingerprint density at radius 1 is 1.32 bits per heavy atom. The monoisotopic (exact) mass is 307 g/mol. The highest BCUT2D eigenvalue weighted by molar-refractivity contribution is 5.93. The van der Waals surface area contributed by atoms with Crippen LogP contribution >= 0.6 is 0 Å². The summed E-state index contributed by atoms with van der Waals surface area (Å²) in [5, 5.41) is 2.82. The molecule has 1 amide bonds. The van der Waals surface area contributed by atoms with Crippen molar-refractivity contribution in [3.63, 3.8) is 0 Å². The van der Waals surface area contributed by atoms with Gasteiger partial charge in [-0.25, -0.2) is 0 Å². The highest BCUT2D eigenvalue weighted by Crippen LogP contribution is 2.28. The standard InChI is InChI=1S/C16H25N3O3/c1-16(2,3)13-10-22-15(17-13)18-14(20)12-4-7-19(12)11-5-8-21-9-6-11/h10-12H,4-9H2,1-3H3,(H,17,18,20). The number of carbonyl (C=O) groups is 1. The van der Waals surface area contributed by atoms with Gasteiger partial charge in [-0.15, -0.1) is 0 Å². The fraction of sp³-hybridized carbons (Fsp3) is 0.750. The maximum Gasteiger partial charge on any atom is 0.301 e. The molecular formula is C16H25N3O3. The van der Waals surface area contributed by atoms with Gasteiger partial charge in [0.15, 0.2) is 0 Å². The molecule has 6 nitrogen and oxygen atoms in total. The van der Waals surface area contributed by atoms with Gasteiger partial charge in [-0.3, -0.25) is 15.0 Å². The van der Waals surface area contributed by atoms with E-state index in [-0.39, 0.29) is 17.4 Å². The number of oxazole rings is 1. The number of aromatic nitrogens is 1. The molecule has 1 aromatic heterocycles. The first-order chi connectivity index (χ1) is 10.4. The highest BCUT2D eigenvalue weighted by Gasteiger charge is 2.39. The summed E-state index contributed by atoms with van der Waals surface area (Å²) in [5.74, 6) is -0.0138. The molecule has 3 rings (SSSR count). The predicted octanol–water partition coefficient (Wildman–Crippen LogP) is 2.16. The van der Waals surface area contributed by atoms with Crippen LogP contribution in [0.3, 0.4) is 0 Å². The Morgan fingerprint density at radius 3 is 2.59 bits per heavy atom. The molecule has 22 heavy (non-hydrogen) atoms. The van der Waals surface area contributed by atoms with Crippen LogP contribution in [0, 0.1) is 0 Å².